The zero-order valence-corrected chi connectivity index (χ0v) is 17.5. The minimum atomic E-state index is -0.369. The number of aromatic nitrogens is 4. The summed E-state index contributed by atoms with van der Waals surface area (Å²) in [6.07, 6.45) is 2.50. The molecule has 10 nitrogen and oxygen atoms in total. The Morgan fingerprint density at radius 1 is 1.10 bits per heavy atom. The van der Waals surface area contributed by atoms with Crippen LogP contribution in [0.2, 0.25) is 0 Å². The van der Waals surface area contributed by atoms with Crippen LogP contribution < -0.4 is 5.56 Å². The zero-order chi connectivity index (χ0) is 22.0. The molecule has 3 aromatic rings. The summed E-state index contributed by atoms with van der Waals surface area (Å²) < 4.78 is 7.92. The fourth-order valence-electron chi connectivity index (χ4n) is 3.64. The summed E-state index contributed by atoms with van der Waals surface area (Å²) in [6.45, 7) is 5.52. The average molecular weight is 424 g/mol. The molecule has 0 unspecified atom stereocenters. The lowest BCUT2D eigenvalue weighted by atomic mass is 10.2. The minimum Gasteiger partial charge on any atom is -0.450 e. The van der Waals surface area contributed by atoms with Crippen molar-refractivity contribution in [2.45, 2.75) is 20.4 Å². The van der Waals surface area contributed by atoms with Gasteiger partial charge in [0.25, 0.3) is 5.56 Å². The van der Waals surface area contributed by atoms with E-state index in [1.165, 1.54) is 17.1 Å². The number of para-hydroxylation sites is 1. The number of rotatable bonds is 4. The number of carbonyl (C=O) groups is 2. The van der Waals surface area contributed by atoms with Gasteiger partial charge in [0.2, 0.25) is 5.91 Å². The van der Waals surface area contributed by atoms with Crippen molar-refractivity contribution in [2.24, 2.45) is 0 Å². The summed E-state index contributed by atoms with van der Waals surface area (Å²) in [5.41, 5.74) is 1.99. The molecular formula is C21H24N6O4. The van der Waals surface area contributed by atoms with E-state index >= 15 is 0 Å². The van der Waals surface area contributed by atoms with Crippen molar-refractivity contribution in [3.63, 3.8) is 0 Å². The summed E-state index contributed by atoms with van der Waals surface area (Å²) >= 11 is 0. The van der Waals surface area contributed by atoms with Gasteiger partial charge in [-0.25, -0.2) is 14.5 Å². The molecule has 1 aliphatic heterocycles. The standard InChI is InChI=1S/C21H24N6O4/c1-3-31-21(30)25-10-8-24(9-11-25)18(28)13-26-14-22-19-16(20(26)29)12-23-27(19)17-7-5-4-6-15(17)2/h4-7,12,14H,3,8-11,13H2,1-2H3. The number of benzene rings is 1. The van der Waals surface area contributed by atoms with Gasteiger partial charge in [0.05, 0.1) is 18.5 Å². The van der Waals surface area contributed by atoms with E-state index in [1.54, 1.807) is 21.4 Å². The largest absolute Gasteiger partial charge is 0.450 e. The molecule has 1 aromatic carbocycles. The molecule has 1 saturated heterocycles. The Morgan fingerprint density at radius 2 is 1.81 bits per heavy atom. The number of fused-ring (bicyclic) bond motifs is 1. The maximum atomic E-state index is 12.9. The number of aryl methyl sites for hydroxylation is 1. The van der Waals surface area contributed by atoms with Crippen LogP contribution >= 0.6 is 0 Å². The highest BCUT2D eigenvalue weighted by Crippen LogP contribution is 2.17. The highest BCUT2D eigenvalue weighted by molar-refractivity contribution is 5.78. The first-order valence-corrected chi connectivity index (χ1v) is 10.2. The molecule has 0 aliphatic carbocycles. The van der Waals surface area contributed by atoms with Crippen LogP contribution in [0.5, 0.6) is 0 Å². The minimum absolute atomic E-state index is 0.114. The van der Waals surface area contributed by atoms with Gasteiger partial charge in [-0.2, -0.15) is 5.10 Å². The Balaban J connectivity index is 1.49. The third-order valence-corrected chi connectivity index (χ3v) is 5.36. The van der Waals surface area contributed by atoms with Crippen molar-refractivity contribution in [1.82, 2.24) is 29.1 Å². The maximum absolute atomic E-state index is 12.9. The highest BCUT2D eigenvalue weighted by atomic mass is 16.6. The number of hydrogen-bond donors (Lipinski definition) is 0. The van der Waals surface area contributed by atoms with E-state index in [1.807, 2.05) is 31.2 Å². The third kappa shape index (κ3) is 4.00. The van der Waals surface area contributed by atoms with Crippen LogP contribution in [0.15, 0.2) is 41.6 Å². The molecule has 0 radical (unpaired) electrons. The van der Waals surface area contributed by atoms with E-state index in [4.69, 9.17) is 4.74 Å². The average Bonchev–Trinajstić information content (AvgIpc) is 3.21. The molecule has 31 heavy (non-hydrogen) atoms. The molecule has 2 aromatic heterocycles. The van der Waals surface area contributed by atoms with E-state index < -0.39 is 0 Å². The van der Waals surface area contributed by atoms with Gasteiger partial charge in [0.1, 0.15) is 18.3 Å². The first-order chi connectivity index (χ1) is 15.0. The summed E-state index contributed by atoms with van der Waals surface area (Å²) in [5, 5.41) is 4.69. The molecule has 0 saturated carbocycles. The van der Waals surface area contributed by atoms with Crippen molar-refractivity contribution in [1.29, 1.82) is 0 Å². The molecule has 4 rings (SSSR count). The third-order valence-electron chi connectivity index (χ3n) is 5.36. The number of piperazine rings is 1. The van der Waals surface area contributed by atoms with Crippen molar-refractivity contribution in [3.05, 3.63) is 52.7 Å². The second kappa shape index (κ2) is 8.58. The van der Waals surface area contributed by atoms with Gasteiger partial charge < -0.3 is 14.5 Å². The zero-order valence-electron chi connectivity index (χ0n) is 17.5. The molecule has 0 spiro atoms. The number of carbonyl (C=O) groups excluding carboxylic acids is 2. The second-order valence-electron chi connectivity index (χ2n) is 7.32. The van der Waals surface area contributed by atoms with Crippen LogP contribution in [0.25, 0.3) is 16.7 Å². The summed E-state index contributed by atoms with van der Waals surface area (Å²) in [4.78, 5) is 45.0. The Labute approximate surface area is 178 Å². The lowest BCUT2D eigenvalue weighted by Gasteiger charge is -2.34. The van der Waals surface area contributed by atoms with E-state index in [0.29, 0.717) is 43.8 Å². The fourth-order valence-corrected chi connectivity index (χ4v) is 3.64. The Bertz CT molecular complexity index is 1180. The number of nitrogens with zero attached hydrogens (tertiary/aromatic N) is 6. The quantitative estimate of drug-likeness (QED) is 0.623. The van der Waals surface area contributed by atoms with E-state index in [9.17, 15) is 14.4 Å². The fraction of sp³-hybridized carbons (Fsp3) is 0.381. The molecule has 10 heteroatoms. The van der Waals surface area contributed by atoms with Gasteiger partial charge >= 0.3 is 6.09 Å². The van der Waals surface area contributed by atoms with E-state index in [2.05, 4.69) is 10.1 Å². The SMILES string of the molecule is CCOC(=O)N1CCN(C(=O)Cn2cnc3c(cnn3-c3ccccc3C)c2=O)CC1. The van der Waals surface area contributed by atoms with Crippen LogP contribution in [0.1, 0.15) is 12.5 Å². The van der Waals surface area contributed by atoms with E-state index in [0.717, 1.165) is 11.3 Å². The van der Waals surface area contributed by atoms with Gasteiger partial charge in [-0.1, -0.05) is 18.2 Å². The van der Waals surface area contributed by atoms with Crippen molar-refractivity contribution < 1.29 is 14.3 Å². The Morgan fingerprint density at radius 3 is 2.52 bits per heavy atom. The maximum Gasteiger partial charge on any atom is 0.409 e. The predicted octanol–water partition coefficient (Wildman–Crippen LogP) is 1.19. The van der Waals surface area contributed by atoms with Gasteiger partial charge in [-0.3, -0.25) is 14.2 Å². The number of hydrogen-bond acceptors (Lipinski definition) is 6. The van der Waals surface area contributed by atoms with Crippen LogP contribution in [0.3, 0.4) is 0 Å². The Kier molecular flexibility index (Phi) is 5.70. The Hall–Kier alpha value is -3.69. The summed E-state index contributed by atoms with van der Waals surface area (Å²) in [6, 6.07) is 7.71. The highest BCUT2D eigenvalue weighted by Gasteiger charge is 2.25. The van der Waals surface area contributed by atoms with E-state index in [-0.39, 0.29) is 24.1 Å². The van der Waals surface area contributed by atoms with Gasteiger partial charge in [-0.15, -0.1) is 0 Å². The molecule has 3 heterocycles. The van der Waals surface area contributed by atoms with Crippen molar-refractivity contribution in [2.75, 3.05) is 32.8 Å². The lowest BCUT2D eigenvalue weighted by Crippen LogP contribution is -2.51. The van der Waals surface area contributed by atoms with Crippen LogP contribution in [-0.2, 0) is 16.1 Å². The van der Waals surface area contributed by atoms with Gasteiger partial charge in [0, 0.05) is 26.2 Å². The van der Waals surface area contributed by atoms with Gasteiger partial charge in [0.15, 0.2) is 5.65 Å². The first-order valence-electron chi connectivity index (χ1n) is 10.2. The molecule has 1 fully saturated rings. The van der Waals surface area contributed by atoms with Gasteiger partial charge in [-0.05, 0) is 25.5 Å². The molecule has 1 aliphatic rings. The normalized spacial score (nSPS) is 14.1. The lowest BCUT2D eigenvalue weighted by molar-refractivity contribution is -0.133. The predicted molar refractivity (Wildman–Crippen MR) is 113 cm³/mol. The monoisotopic (exact) mass is 424 g/mol. The number of ether oxygens (including phenoxy) is 1. The smallest absolute Gasteiger partial charge is 0.409 e. The topological polar surface area (TPSA) is 103 Å². The molecule has 0 bridgehead atoms. The van der Waals surface area contributed by atoms with Crippen LogP contribution in [0.4, 0.5) is 4.79 Å². The first kappa shape index (κ1) is 20.6. The van der Waals surface area contributed by atoms with Crippen molar-refractivity contribution >= 4 is 23.0 Å². The summed E-state index contributed by atoms with van der Waals surface area (Å²) in [5.74, 6) is -0.196. The summed E-state index contributed by atoms with van der Waals surface area (Å²) in [7, 11) is 0. The second-order valence-corrected chi connectivity index (χ2v) is 7.32. The molecule has 0 N–H and O–H groups in total. The molecule has 162 valence electrons. The number of amides is 2. The molecule has 2 amide bonds. The molecular weight excluding hydrogens is 400 g/mol. The van der Waals surface area contributed by atoms with Crippen molar-refractivity contribution in [3.8, 4) is 5.69 Å². The van der Waals surface area contributed by atoms with Crippen LogP contribution in [-0.4, -0.2) is 73.9 Å². The van der Waals surface area contributed by atoms with Crippen LogP contribution in [0, 0.1) is 6.92 Å². The molecule has 0 atom stereocenters.